The zero-order chi connectivity index (χ0) is 25.8. The molecule has 1 amide bonds. The van der Waals surface area contributed by atoms with Crippen molar-refractivity contribution in [3.8, 4) is 5.69 Å². The molecule has 0 saturated carbocycles. The van der Waals surface area contributed by atoms with Gasteiger partial charge in [0.25, 0.3) is 5.91 Å². The second-order valence-electron chi connectivity index (χ2n) is 8.48. The van der Waals surface area contributed by atoms with Crippen LogP contribution in [0.15, 0.2) is 98.9 Å². The van der Waals surface area contributed by atoms with Gasteiger partial charge in [0.15, 0.2) is 0 Å². The van der Waals surface area contributed by atoms with E-state index in [0.29, 0.717) is 22.3 Å². The SMILES string of the molecule is O=C(NCc1ccc(Cl)cc1)c1cn(-c2ccccc2)c2oc(CNCC(O)c3ccco3)cc2c1=O. The fraction of sp³-hybridized carbons (Fsp3) is 0.143. The number of para-hydroxylation sites is 1. The molecule has 188 valence electrons. The van der Waals surface area contributed by atoms with Crippen LogP contribution in [0.4, 0.5) is 0 Å². The van der Waals surface area contributed by atoms with Gasteiger partial charge in [0.1, 0.15) is 23.2 Å². The molecule has 0 aliphatic heterocycles. The van der Waals surface area contributed by atoms with Crippen molar-refractivity contribution < 1.29 is 18.7 Å². The second kappa shape index (κ2) is 10.9. The van der Waals surface area contributed by atoms with E-state index in [1.54, 1.807) is 34.9 Å². The van der Waals surface area contributed by atoms with Crippen LogP contribution in [0.5, 0.6) is 0 Å². The number of rotatable bonds is 9. The van der Waals surface area contributed by atoms with Crippen LogP contribution in [0.2, 0.25) is 5.02 Å². The molecular formula is C28H24ClN3O5. The molecular weight excluding hydrogens is 494 g/mol. The fourth-order valence-electron chi connectivity index (χ4n) is 3.99. The number of benzene rings is 2. The predicted molar refractivity (Wildman–Crippen MR) is 140 cm³/mol. The Morgan fingerprint density at radius 2 is 1.81 bits per heavy atom. The number of nitrogens with one attached hydrogen (secondary N) is 2. The van der Waals surface area contributed by atoms with Crippen LogP contribution in [0.1, 0.15) is 33.5 Å². The van der Waals surface area contributed by atoms with Crippen LogP contribution in [-0.4, -0.2) is 22.1 Å². The number of fused-ring (bicyclic) bond motifs is 1. The summed E-state index contributed by atoms with van der Waals surface area (Å²) in [6.07, 6.45) is 2.18. The third kappa shape index (κ3) is 5.51. The number of amides is 1. The molecule has 0 fully saturated rings. The lowest BCUT2D eigenvalue weighted by Crippen LogP contribution is -2.29. The summed E-state index contributed by atoms with van der Waals surface area (Å²) < 4.78 is 12.9. The highest BCUT2D eigenvalue weighted by atomic mass is 35.5. The van der Waals surface area contributed by atoms with Crippen molar-refractivity contribution in [1.29, 1.82) is 0 Å². The van der Waals surface area contributed by atoms with Gasteiger partial charge in [-0.1, -0.05) is 41.9 Å². The Morgan fingerprint density at radius 3 is 2.54 bits per heavy atom. The van der Waals surface area contributed by atoms with Crippen molar-refractivity contribution in [2.24, 2.45) is 0 Å². The highest BCUT2D eigenvalue weighted by Gasteiger charge is 2.20. The quantitative estimate of drug-likeness (QED) is 0.264. The molecule has 0 bridgehead atoms. The van der Waals surface area contributed by atoms with E-state index in [4.69, 9.17) is 20.4 Å². The van der Waals surface area contributed by atoms with Crippen LogP contribution in [0.3, 0.4) is 0 Å². The summed E-state index contributed by atoms with van der Waals surface area (Å²) >= 11 is 5.93. The maximum absolute atomic E-state index is 13.3. The van der Waals surface area contributed by atoms with Gasteiger partial charge >= 0.3 is 0 Å². The van der Waals surface area contributed by atoms with Gasteiger partial charge in [0, 0.05) is 30.0 Å². The monoisotopic (exact) mass is 517 g/mol. The van der Waals surface area contributed by atoms with Crippen LogP contribution in [-0.2, 0) is 13.1 Å². The molecule has 5 aromatic rings. The Kier molecular flexibility index (Phi) is 7.23. The molecule has 5 rings (SSSR count). The summed E-state index contributed by atoms with van der Waals surface area (Å²) in [7, 11) is 0. The minimum absolute atomic E-state index is 0.00105. The van der Waals surface area contributed by atoms with E-state index in [1.807, 2.05) is 42.5 Å². The molecule has 0 aliphatic carbocycles. The number of nitrogens with zero attached hydrogens (tertiary/aromatic N) is 1. The highest BCUT2D eigenvalue weighted by molar-refractivity contribution is 6.30. The maximum Gasteiger partial charge on any atom is 0.257 e. The van der Waals surface area contributed by atoms with Gasteiger partial charge in [0.05, 0.1) is 18.2 Å². The standard InChI is InChI=1S/C28H24ClN3O5/c29-19-10-8-18(9-11-19)14-31-27(35)23-17-32(20-5-2-1-3-6-20)28-22(26(23)34)13-21(37-28)15-30-16-24(33)25-7-4-12-36-25/h1-13,17,24,30,33H,14-16H2,(H,31,35). The minimum atomic E-state index is -0.820. The van der Waals surface area contributed by atoms with Gasteiger partial charge in [-0.25, -0.2) is 0 Å². The molecule has 0 spiro atoms. The number of furan rings is 2. The molecule has 0 aliphatic rings. The van der Waals surface area contributed by atoms with Crippen LogP contribution in [0.25, 0.3) is 16.8 Å². The van der Waals surface area contributed by atoms with E-state index >= 15 is 0 Å². The van der Waals surface area contributed by atoms with E-state index in [9.17, 15) is 14.7 Å². The molecule has 3 aromatic heterocycles. The van der Waals surface area contributed by atoms with Crippen molar-refractivity contribution in [1.82, 2.24) is 15.2 Å². The number of hydrogen-bond donors (Lipinski definition) is 3. The van der Waals surface area contributed by atoms with Crippen molar-refractivity contribution in [2.45, 2.75) is 19.2 Å². The first-order chi connectivity index (χ1) is 18.0. The molecule has 9 heteroatoms. The average Bonchev–Trinajstić information content (AvgIpc) is 3.60. The van der Waals surface area contributed by atoms with Crippen LogP contribution >= 0.6 is 11.6 Å². The van der Waals surface area contributed by atoms with Crippen molar-refractivity contribution in [2.75, 3.05) is 6.54 Å². The molecule has 37 heavy (non-hydrogen) atoms. The molecule has 1 atom stereocenters. The van der Waals surface area contributed by atoms with E-state index < -0.39 is 17.4 Å². The summed E-state index contributed by atoms with van der Waals surface area (Å²) in [4.78, 5) is 26.4. The van der Waals surface area contributed by atoms with E-state index in [2.05, 4.69) is 10.6 Å². The predicted octanol–water partition coefficient (Wildman–Crippen LogP) is 4.58. The van der Waals surface area contributed by atoms with Crippen LogP contribution in [0, 0.1) is 0 Å². The lowest BCUT2D eigenvalue weighted by Gasteiger charge is -2.11. The highest BCUT2D eigenvalue weighted by Crippen LogP contribution is 2.22. The normalized spacial score (nSPS) is 12.1. The summed E-state index contributed by atoms with van der Waals surface area (Å²) in [5, 5.41) is 17.0. The molecule has 3 N–H and O–H groups in total. The number of pyridine rings is 1. The number of aliphatic hydroxyl groups excluding tert-OH is 1. The third-order valence-corrected chi connectivity index (χ3v) is 6.14. The Hall–Kier alpha value is -4.11. The first kappa shape index (κ1) is 24.6. The Bertz CT molecular complexity index is 1560. The van der Waals surface area contributed by atoms with E-state index in [1.165, 1.54) is 12.5 Å². The number of halogens is 1. The average molecular weight is 518 g/mol. The van der Waals surface area contributed by atoms with E-state index in [0.717, 1.165) is 11.3 Å². The van der Waals surface area contributed by atoms with Gasteiger partial charge < -0.3 is 24.6 Å². The third-order valence-electron chi connectivity index (χ3n) is 5.88. The molecule has 2 aromatic carbocycles. The first-order valence-corrected chi connectivity index (χ1v) is 12.1. The summed E-state index contributed by atoms with van der Waals surface area (Å²) in [6.45, 7) is 0.738. The van der Waals surface area contributed by atoms with Gasteiger partial charge in [0.2, 0.25) is 11.1 Å². The number of aromatic nitrogens is 1. The summed E-state index contributed by atoms with van der Waals surface area (Å²) in [5.74, 6) is 0.450. The number of carbonyl (C=O) groups excluding carboxylic acids is 1. The summed E-state index contributed by atoms with van der Waals surface area (Å²) in [6, 6.07) is 21.5. The molecule has 1 unspecified atom stereocenters. The lowest BCUT2D eigenvalue weighted by molar-refractivity contribution is 0.0949. The Morgan fingerprint density at radius 1 is 1.03 bits per heavy atom. The van der Waals surface area contributed by atoms with Gasteiger partial charge in [-0.2, -0.15) is 0 Å². The van der Waals surface area contributed by atoms with Crippen LogP contribution < -0.4 is 16.1 Å². The fourth-order valence-corrected chi connectivity index (χ4v) is 4.11. The smallest absolute Gasteiger partial charge is 0.257 e. The zero-order valence-electron chi connectivity index (χ0n) is 19.7. The van der Waals surface area contributed by atoms with E-state index in [-0.39, 0.29) is 30.6 Å². The number of aliphatic hydroxyl groups is 1. The first-order valence-electron chi connectivity index (χ1n) is 11.7. The van der Waals surface area contributed by atoms with Crippen molar-refractivity contribution in [3.05, 3.63) is 123 Å². The van der Waals surface area contributed by atoms with Crippen molar-refractivity contribution >= 4 is 28.6 Å². The van der Waals surface area contributed by atoms with Gasteiger partial charge in [-0.3, -0.25) is 14.2 Å². The topological polar surface area (TPSA) is 110 Å². The number of hydrogen-bond acceptors (Lipinski definition) is 6. The Labute approximate surface area is 217 Å². The summed E-state index contributed by atoms with van der Waals surface area (Å²) in [5.41, 5.74) is 1.49. The van der Waals surface area contributed by atoms with Gasteiger partial charge in [-0.15, -0.1) is 0 Å². The maximum atomic E-state index is 13.3. The molecule has 8 nitrogen and oxygen atoms in total. The second-order valence-corrected chi connectivity index (χ2v) is 8.92. The molecule has 0 radical (unpaired) electrons. The molecule has 3 heterocycles. The Balaban J connectivity index is 1.42. The lowest BCUT2D eigenvalue weighted by atomic mass is 10.1. The largest absolute Gasteiger partial charge is 0.467 e. The van der Waals surface area contributed by atoms with Crippen molar-refractivity contribution in [3.63, 3.8) is 0 Å². The van der Waals surface area contributed by atoms with Gasteiger partial charge in [-0.05, 0) is 48.0 Å². The minimum Gasteiger partial charge on any atom is -0.467 e. The zero-order valence-corrected chi connectivity index (χ0v) is 20.4. The molecule has 0 saturated heterocycles. The number of carbonyl (C=O) groups is 1.